The van der Waals surface area contributed by atoms with Gasteiger partial charge in [0.2, 0.25) is 0 Å². The van der Waals surface area contributed by atoms with E-state index in [0.717, 1.165) is 0 Å². The number of nitrogens with one attached hydrogen (secondary N) is 1. The van der Waals surface area contributed by atoms with E-state index in [1.54, 1.807) is 6.92 Å². The van der Waals surface area contributed by atoms with Gasteiger partial charge in [0.25, 0.3) is 0 Å². The molecule has 0 saturated carbocycles. The first-order chi connectivity index (χ1) is 4.63. The molecule has 0 unspecified atom stereocenters. The molecule has 0 amide bonds. The maximum absolute atomic E-state index is 10.2. The number of carboxylic acid groups (broad SMARTS) is 1. The van der Waals surface area contributed by atoms with E-state index in [0.29, 0.717) is 12.7 Å². The van der Waals surface area contributed by atoms with Gasteiger partial charge >= 0.3 is 5.97 Å². The lowest BCUT2D eigenvalue weighted by Crippen LogP contribution is -2.10. The summed E-state index contributed by atoms with van der Waals surface area (Å²) in [4.78, 5) is 10.2. The van der Waals surface area contributed by atoms with E-state index in [1.165, 1.54) is 0 Å². The highest BCUT2D eigenvalue weighted by molar-refractivity contribution is 6.17. The standard InChI is InChI=1S/C6H9NO3/c1-2-5(7)4(3-8)6(9)10/h3,7-8H,2H2,1H3,(H,9,10)/b4-3+,7-5?. The second kappa shape index (κ2) is 3.66. The van der Waals surface area contributed by atoms with Crippen LogP contribution < -0.4 is 0 Å². The van der Waals surface area contributed by atoms with Crippen LogP contribution in [0.3, 0.4) is 0 Å². The van der Waals surface area contributed by atoms with E-state index in [4.69, 9.17) is 15.6 Å². The molecule has 0 aliphatic carbocycles. The Balaban J connectivity index is 4.39. The van der Waals surface area contributed by atoms with Gasteiger partial charge in [-0.1, -0.05) is 6.92 Å². The fourth-order valence-electron chi connectivity index (χ4n) is 0.453. The van der Waals surface area contributed by atoms with Gasteiger partial charge in [0.1, 0.15) is 5.57 Å². The van der Waals surface area contributed by atoms with Crippen LogP contribution in [0.1, 0.15) is 13.3 Å². The average molecular weight is 143 g/mol. The molecule has 10 heavy (non-hydrogen) atoms. The molecule has 0 spiro atoms. The minimum Gasteiger partial charge on any atom is -0.515 e. The smallest absolute Gasteiger partial charge is 0.340 e. The summed E-state index contributed by atoms with van der Waals surface area (Å²) in [5.41, 5.74) is -0.419. The summed E-state index contributed by atoms with van der Waals surface area (Å²) in [7, 11) is 0. The van der Waals surface area contributed by atoms with Crippen LogP contribution in [0.2, 0.25) is 0 Å². The van der Waals surface area contributed by atoms with Crippen molar-refractivity contribution < 1.29 is 15.0 Å². The Labute approximate surface area is 58.3 Å². The SMILES string of the molecule is CCC(=N)/C(=C\O)C(=O)O. The lowest BCUT2D eigenvalue weighted by atomic mass is 10.1. The van der Waals surface area contributed by atoms with Crippen molar-refractivity contribution in [2.45, 2.75) is 13.3 Å². The van der Waals surface area contributed by atoms with Crippen LogP contribution in [0.5, 0.6) is 0 Å². The number of hydrogen-bond donors (Lipinski definition) is 3. The molecule has 4 heteroatoms. The van der Waals surface area contributed by atoms with Crippen molar-refractivity contribution in [2.75, 3.05) is 0 Å². The summed E-state index contributed by atoms with van der Waals surface area (Å²) in [6, 6.07) is 0. The summed E-state index contributed by atoms with van der Waals surface area (Å²) in [5.74, 6) is -1.27. The summed E-state index contributed by atoms with van der Waals surface area (Å²) in [6.45, 7) is 1.65. The highest BCUT2D eigenvalue weighted by Crippen LogP contribution is 1.98. The van der Waals surface area contributed by atoms with Crippen molar-refractivity contribution in [3.63, 3.8) is 0 Å². The van der Waals surface area contributed by atoms with Gasteiger partial charge in [0.15, 0.2) is 0 Å². The van der Waals surface area contributed by atoms with Crippen molar-refractivity contribution in [3.8, 4) is 0 Å². The van der Waals surface area contributed by atoms with Crippen LogP contribution in [0.4, 0.5) is 0 Å². The Kier molecular flexibility index (Phi) is 3.17. The molecule has 56 valence electrons. The van der Waals surface area contributed by atoms with Gasteiger partial charge in [-0.25, -0.2) is 4.79 Å². The summed E-state index contributed by atoms with van der Waals surface area (Å²) in [5, 5.41) is 23.6. The highest BCUT2D eigenvalue weighted by Gasteiger charge is 2.10. The summed E-state index contributed by atoms with van der Waals surface area (Å²) in [6.07, 6.45) is 0.743. The number of aliphatic hydroxyl groups excluding tert-OH is 1. The molecule has 0 aliphatic rings. The first-order valence-electron chi connectivity index (χ1n) is 2.79. The second-order valence-corrected chi connectivity index (χ2v) is 1.68. The van der Waals surface area contributed by atoms with Gasteiger partial charge in [-0.3, -0.25) is 0 Å². The Morgan fingerprint density at radius 3 is 2.30 bits per heavy atom. The van der Waals surface area contributed by atoms with E-state index >= 15 is 0 Å². The summed E-state index contributed by atoms with van der Waals surface area (Å²) < 4.78 is 0. The Bertz CT molecular complexity index is 183. The molecule has 4 nitrogen and oxygen atoms in total. The van der Waals surface area contributed by atoms with E-state index < -0.39 is 5.97 Å². The minimum absolute atomic E-state index is 0.0741. The van der Waals surface area contributed by atoms with Crippen molar-refractivity contribution in [3.05, 3.63) is 11.8 Å². The van der Waals surface area contributed by atoms with E-state index in [1.807, 2.05) is 0 Å². The fraction of sp³-hybridized carbons (Fsp3) is 0.333. The van der Waals surface area contributed by atoms with E-state index in [-0.39, 0.29) is 11.3 Å². The van der Waals surface area contributed by atoms with Gasteiger partial charge in [0, 0.05) is 5.71 Å². The van der Waals surface area contributed by atoms with Crippen LogP contribution in [0, 0.1) is 5.41 Å². The molecule has 0 rings (SSSR count). The van der Waals surface area contributed by atoms with Crippen molar-refractivity contribution in [1.82, 2.24) is 0 Å². The zero-order chi connectivity index (χ0) is 8.15. The third-order valence-corrected chi connectivity index (χ3v) is 1.04. The van der Waals surface area contributed by atoms with Crippen LogP contribution in [-0.2, 0) is 4.79 Å². The second-order valence-electron chi connectivity index (χ2n) is 1.68. The van der Waals surface area contributed by atoms with Gasteiger partial charge in [-0.2, -0.15) is 0 Å². The number of hydrogen-bond acceptors (Lipinski definition) is 3. The molecule has 0 fully saturated rings. The van der Waals surface area contributed by atoms with Gasteiger partial charge in [-0.05, 0) is 6.42 Å². The average Bonchev–Trinajstić information content (AvgIpc) is 1.88. The lowest BCUT2D eigenvalue weighted by Gasteiger charge is -1.97. The van der Waals surface area contributed by atoms with Crippen LogP contribution in [0.15, 0.2) is 11.8 Å². The third-order valence-electron chi connectivity index (χ3n) is 1.04. The van der Waals surface area contributed by atoms with Gasteiger partial charge < -0.3 is 15.6 Å². The zero-order valence-corrected chi connectivity index (χ0v) is 5.59. The van der Waals surface area contributed by atoms with Crippen molar-refractivity contribution in [1.29, 1.82) is 5.41 Å². The maximum Gasteiger partial charge on any atom is 0.340 e. The topological polar surface area (TPSA) is 81.4 Å². The normalized spacial score (nSPS) is 11.1. The minimum atomic E-state index is -1.27. The molecule has 0 bridgehead atoms. The van der Waals surface area contributed by atoms with Crippen LogP contribution in [0.25, 0.3) is 0 Å². The number of carbonyl (C=O) groups is 1. The van der Waals surface area contributed by atoms with Gasteiger partial charge in [-0.15, -0.1) is 0 Å². The number of aliphatic hydroxyl groups is 1. The highest BCUT2D eigenvalue weighted by atomic mass is 16.4. The van der Waals surface area contributed by atoms with Crippen LogP contribution in [-0.4, -0.2) is 21.9 Å². The lowest BCUT2D eigenvalue weighted by molar-refractivity contribution is -0.132. The molecule has 0 heterocycles. The molecule has 0 aromatic heterocycles. The van der Waals surface area contributed by atoms with Crippen molar-refractivity contribution in [2.24, 2.45) is 0 Å². The predicted octanol–water partition coefficient (Wildman–Crippen LogP) is 0.943. The molecule has 0 aliphatic heterocycles. The molecular weight excluding hydrogens is 134 g/mol. The molecule has 0 aromatic rings. The molecule has 0 radical (unpaired) electrons. The third kappa shape index (κ3) is 1.89. The Hall–Kier alpha value is -1.32. The first-order valence-corrected chi connectivity index (χ1v) is 2.79. The number of rotatable bonds is 3. The Morgan fingerprint density at radius 2 is 2.20 bits per heavy atom. The fourth-order valence-corrected chi connectivity index (χ4v) is 0.453. The maximum atomic E-state index is 10.2. The molecule has 0 atom stereocenters. The predicted molar refractivity (Wildman–Crippen MR) is 36.4 cm³/mol. The monoisotopic (exact) mass is 143 g/mol. The molecular formula is C6H9NO3. The molecule has 3 N–H and O–H groups in total. The Morgan fingerprint density at radius 1 is 1.70 bits per heavy atom. The van der Waals surface area contributed by atoms with Crippen LogP contribution >= 0.6 is 0 Å². The number of aliphatic carboxylic acids is 1. The van der Waals surface area contributed by atoms with Crippen molar-refractivity contribution >= 4 is 11.7 Å². The van der Waals surface area contributed by atoms with E-state index in [9.17, 15) is 4.79 Å². The first kappa shape index (κ1) is 8.68. The molecule has 0 aromatic carbocycles. The largest absolute Gasteiger partial charge is 0.515 e. The summed E-state index contributed by atoms with van der Waals surface area (Å²) >= 11 is 0. The van der Waals surface area contributed by atoms with Gasteiger partial charge in [0.05, 0.1) is 6.26 Å². The molecule has 0 saturated heterocycles. The quantitative estimate of drug-likeness (QED) is 0.312. The zero-order valence-electron chi connectivity index (χ0n) is 5.59. The van der Waals surface area contributed by atoms with E-state index in [2.05, 4.69) is 0 Å². The number of carboxylic acids is 1.